The molecule has 1 atom stereocenters. The van der Waals surface area contributed by atoms with Crippen LogP contribution in [0, 0.1) is 5.82 Å². The fraction of sp³-hybridized carbons (Fsp3) is 0.238. The Labute approximate surface area is 184 Å². The van der Waals surface area contributed by atoms with E-state index in [-0.39, 0.29) is 35.2 Å². The maximum atomic E-state index is 13.4. The SMILES string of the molecule is COc1cc(N2CC(C)n3ncc(C(=O)Nc4cncc(F)c4)c3C2=O)ccc1C(F)(F)F. The smallest absolute Gasteiger partial charge is 0.419 e. The van der Waals surface area contributed by atoms with E-state index in [1.165, 1.54) is 28.0 Å². The lowest BCUT2D eigenvalue weighted by Gasteiger charge is -2.32. The molecular weight excluding hydrogens is 446 g/mol. The molecule has 0 spiro atoms. The fourth-order valence-corrected chi connectivity index (χ4v) is 3.61. The van der Waals surface area contributed by atoms with Crippen LogP contribution in [0.25, 0.3) is 0 Å². The van der Waals surface area contributed by atoms with Crippen molar-refractivity contribution in [2.24, 2.45) is 0 Å². The first kappa shape index (κ1) is 22.2. The van der Waals surface area contributed by atoms with Crippen molar-refractivity contribution in [3.8, 4) is 5.75 Å². The monoisotopic (exact) mass is 463 g/mol. The van der Waals surface area contributed by atoms with E-state index >= 15 is 0 Å². The molecule has 1 aromatic carbocycles. The van der Waals surface area contributed by atoms with Crippen molar-refractivity contribution >= 4 is 23.2 Å². The summed E-state index contributed by atoms with van der Waals surface area (Å²) in [5.41, 5.74) is -0.834. The summed E-state index contributed by atoms with van der Waals surface area (Å²) in [5.74, 6) is -2.43. The number of hydrogen-bond acceptors (Lipinski definition) is 5. The van der Waals surface area contributed by atoms with Gasteiger partial charge in [0.25, 0.3) is 11.8 Å². The molecule has 1 unspecified atom stereocenters. The number of alkyl halides is 3. The van der Waals surface area contributed by atoms with Gasteiger partial charge >= 0.3 is 6.18 Å². The van der Waals surface area contributed by atoms with Crippen molar-refractivity contribution in [1.29, 1.82) is 0 Å². The van der Waals surface area contributed by atoms with E-state index in [4.69, 9.17) is 4.74 Å². The highest BCUT2D eigenvalue weighted by Gasteiger charge is 2.38. The van der Waals surface area contributed by atoms with Crippen LogP contribution in [0.3, 0.4) is 0 Å². The second kappa shape index (κ2) is 8.19. The van der Waals surface area contributed by atoms with Crippen LogP contribution < -0.4 is 15.0 Å². The first-order valence-corrected chi connectivity index (χ1v) is 9.66. The maximum absolute atomic E-state index is 13.4. The lowest BCUT2D eigenvalue weighted by molar-refractivity contribution is -0.138. The van der Waals surface area contributed by atoms with E-state index in [0.29, 0.717) is 0 Å². The average molecular weight is 463 g/mol. The van der Waals surface area contributed by atoms with Gasteiger partial charge in [-0.05, 0) is 19.1 Å². The van der Waals surface area contributed by atoms with Gasteiger partial charge in [-0.1, -0.05) is 0 Å². The third-order valence-corrected chi connectivity index (χ3v) is 5.12. The van der Waals surface area contributed by atoms with Gasteiger partial charge in [0.1, 0.15) is 17.3 Å². The predicted molar refractivity (Wildman–Crippen MR) is 109 cm³/mol. The number of carbonyl (C=O) groups is 2. The third-order valence-electron chi connectivity index (χ3n) is 5.12. The van der Waals surface area contributed by atoms with E-state index in [0.717, 1.165) is 31.5 Å². The zero-order valence-corrected chi connectivity index (χ0v) is 17.4. The van der Waals surface area contributed by atoms with E-state index in [1.807, 2.05) is 0 Å². The van der Waals surface area contributed by atoms with Crippen LogP contribution in [0.5, 0.6) is 5.75 Å². The molecular formula is C21H17F4N5O3. The summed E-state index contributed by atoms with van der Waals surface area (Å²) >= 11 is 0. The highest BCUT2D eigenvalue weighted by molar-refractivity contribution is 6.15. The Bertz CT molecular complexity index is 1240. The minimum atomic E-state index is -4.63. The zero-order valence-electron chi connectivity index (χ0n) is 17.4. The standard InChI is InChI=1S/C21H17F4N5O3/c1-11-10-29(14-3-4-16(21(23,24)25)17(6-14)33-2)20(32)18-15(9-27-30(11)18)19(31)28-13-5-12(22)7-26-8-13/h3-9,11H,10H2,1-2H3,(H,28,31). The number of pyridine rings is 1. The Morgan fingerprint density at radius 1 is 1.21 bits per heavy atom. The van der Waals surface area contributed by atoms with Crippen LogP contribution in [-0.2, 0) is 6.18 Å². The minimum absolute atomic E-state index is 0.0468. The number of amides is 2. The highest BCUT2D eigenvalue weighted by Crippen LogP contribution is 2.39. The van der Waals surface area contributed by atoms with Crippen LogP contribution >= 0.6 is 0 Å². The molecule has 8 nitrogen and oxygen atoms in total. The number of fused-ring (bicyclic) bond motifs is 1. The molecule has 4 rings (SSSR count). The normalized spacial score (nSPS) is 15.9. The topological polar surface area (TPSA) is 89.3 Å². The number of halogens is 4. The molecule has 1 aliphatic heterocycles. The van der Waals surface area contributed by atoms with Crippen LogP contribution in [0.4, 0.5) is 28.9 Å². The number of aromatic nitrogens is 3. The molecule has 172 valence electrons. The Hall–Kier alpha value is -3.96. The molecule has 0 aliphatic carbocycles. The van der Waals surface area contributed by atoms with E-state index < -0.39 is 35.1 Å². The number of methoxy groups -OCH3 is 1. The second-order valence-corrected chi connectivity index (χ2v) is 7.34. The van der Waals surface area contributed by atoms with Crippen molar-refractivity contribution in [1.82, 2.24) is 14.8 Å². The second-order valence-electron chi connectivity index (χ2n) is 7.34. The molecule has 2 amide bonds. The molecule has 33 heavy (non-hydrogen) atoms. The quantitative estimate of drug-likeness (QED) is 0.593. The lowest BCUT2D eigenvalue weighted by Crippen LogP contribution is -2.43. The van der Waals surface area contributed by atoms with Gasteiger partial charge in [-0.3, -0.25) is 19.3 Å². The molecule has 0 radical (unpaired) electrons. The van der Waals surface area contributed by atoms with Gasteiger partial charge in [0.05, 0.1) is 48.6 Å². The summed E-state index contributed by atoms with van der Waals surface area (Å²) in [4.78, 5) is 31.0. The Morgan fingerprint density at radius 3 is 2.64 bits per heavy atom. The number of carbonyl (C=O) groups excluding carboxylic acids is 2. The average Bonchev–Trinajstić information content (AvgIpc) is 3.21. The number of benzene rings is 1. The van der Waals surface area contributed by atoms with E-state index in [9.17, 15) is 27.2 Å². The van der Waals surface area contributed by atoms with Crippen LogP contribution in [-0.4, -0.2) is 40.2 Å². The van der Waals surface area contributed by atoms with Crippen LogP contribution in [0.2, 0.25) is 0 Å². The Morgan fingerprint density at radius 2 is 1.97 bits per heavy atom. The van der Waals surface area contributed by atoms with Crippen molar-refractivity contribution in [3.63, 3.8) is 0 Å². The minimum Gasteiger partial charge on any atom is -0.496 e. The maximum Gasteiger partial charge on any atom is 0.419 e. The number of ether oxygens (including phenoxy) is 1. The van der Waals surface area contributed by atoms with Gasteiger partial charge in [0, 0.05) is 24.4 Å². The summed E-state index contributed by atoms with van der Waals surface area (Å²) in [6.07, 6.45) is -1.21. The summed E-state index contributed by atoms with van der Waals surface area (Å²) in [5, 5.41) is 6.58. The molecule has 3 heterocycles. The zero-order chi connectivity index (χ0) is 23.9. The number of anilines is 2. The van der Waals surface area contributed by atoms with Crippen molar-refractivity contribution < 1.29 is 31.9 Å². The molecule has 1 aliphatic rings. The van der Waals surface area contributed by atoms with E-state index in [1.54, 1.807) is 6.92 Å². The number of nitrogens with one attached hydrogen (secondary N) is 1. The lowest BCUT2D eigenvalue weighted by atomic mass is 10.1. The summed E-state index contributed by atoms with van der Waals surface area (Å²) in [6, 6.07) is 3.80. The number of nitrogens with zero attached hydrogens (tertiary/aromatic N) is 4. The summed E-state index contributed by atoms with van der Waals surface area (Å²) < 4.78 is 59.2. The molecule has 0 saturated heterocycles. The molecule has 3 aromatic rings. The van der Waals surface area contributed by atoms with Crippen molar-refractivity contribution in [2.45, 2.75) is 19.1 Å². The first-order valence-electron chi connectivity index (χ1n) is 9.66. The van der Waals surface area contributed by atoms with Gasteiger partial charge in [-0.15, -0.1) is 0 Å². The molecule has 1 N–H and O–H groups in total. The Balaban J connectivity index is 1.69. The Kier molecular flexibility index (Phi) is 5.52. The third kappa shape index (κ3) is 4.11. The number of rotatable bonds is 4. The van der Waals surface area contributed by atoms with Gasteiger partial charge in [0.15, 0.2) is 0 Å². The van der Waals surface area contributed by atoms with Crippen LogP contribution in [0.1, 0.15) is 39.4 Å². The van der Waals surface area contributed by atoms with E-state index in [2.05, 4.69) is 15.4 Å². The summed E-state index contributed by atoms with van der Waals surface area (Å²) in [6.45, 7) is 1.85. The molecule has 0 bridgehead atoms. The summed E-state index contributed by atoms with van der Waals surface area (Å²) in [7, 11) is 1.10. The highest BCUT2D eigenvalue weighted by atomic mass is 19.4. The number of hydrogen-bond donors (Lipinski definition) is 1. The van der Waals surface area contributed by atoms with Gasteiger partial charge in [-0.2, -0.15) is 18.3 Å². The largest absolute Gasteiger partial charge is 0.496 e. The molecule has 0 saturated carbocycles. The van der Waals surface area contributed by atoms with Crippen molar-refractivity contribution in [3.05, 3.63) is 65.5 Å². The van der Waals surface area contributed by atoms with Crippen molar-refractivity contribution in [2.75, 3.05) is 23.9 Å². The van der Waals surface area contributed by atoms with Gasteiger partial charge < -0.3 is 15.0 Å². The molecule has 0 fully saturated rings. The van der Waals surface area contributed by atoms with Gasteiger partial charge in [0.2, 0.25) is 0 Å². The van der Waals surface area contributed by atoms with Gasteiger partial charge in [-0.25, -0.2) is 4.39 Å². The molecule has 2 aromatic heterocycles. The first-order chi connectivity index (χ1) is 15.6. The predicted octanol–water partition coefficient (Wildman–Crippen LogP) is 3.92. The molecule has 12 heteroatoms. The fourth-order valence-electron chi connectivity index (χ4n) is 3.61. The van der Waals surface area contributed by atoms with Crippen LogP contribution in [0.15, 0.2) is 42.9 Å².